The monoisotopic (exact) mass is 442 g/mol. The van der Waals surface area contributed by atoms with Gasteiger partial charge in [-0.05, 0) is 42.8 Å². The van der Waals surface area contributed by atoms with Gasteiger partial charge >= 0.3 is 0 Å². The molecule has 1 aliphatic rings. The van der Waals surface area contributed by atoms with Crippen molar-refractivity contribution >= 4 is 35.0 Å². The summed E-state index contributed by atoms with van der Waals surface area (Å²) in [4.78, 5) is 40.3. The van der Waals surface area contributed by atoms with Gasteiger partial charge in [0.15, 0.2) is 0 Å². The van der Waals surface area contributed by atoms with Crippen LogP contribution in [0.2, 0.25) is 5.02 Å². The molecule has 1 aliphatic heterocycles. The maximum absolute atomic E-state index is 12.4. The summed E-state index contributed by atoms with van der Waals surface area (Å²) < 4.78 is 0. The Bertz CT molecular complexity index is 881. The van der Waals surface area contributed by atoms with Crippen molar-refractivity contribution in [3.05, 3.63) is 65.2 Å². The van der Waals surface area contributed by atoms with Gasteiger partial charge in [-0.2, -0.15) is 0 Å². The lowest BCUT2D eigenvalue weighted by Crippen LogP contribution is -2.51. The van der Waals surface area contributed by atoms with Crippen molar-refractivity contribution in [1.82, 2.24) is 15.5 Å². The molecule has 0 radical (unpaired) electrons. The third kappa shape index (κ3) is 7.00. The molecule has 3 rings (SSSR count). The van der Waals surface area contributed by atoms with Crippen molar-refractivity contribution in [3.63, 3.8) is 0 Å². The maximum atomic E-state index is 12.4. The number of rotatable bonds is 8. The fourth-order valence-electron chi connectivity index (χ4n) is 3.38. The van der Waals surface area contributed by atoms with Crippen LogP contribution in [0, 0.1) is 0 Å². The standard InChI is InChI=1S/C23H27ClN4O3/c24-19-8-10-20(11-9-19)27-13-15-28(16-14-27)22(30)17-26-21(29)7-4-12-25-23(31)18-5-2-1-3-6-18/h1-3,5-6,8-11H,4,7,12-17H2,(H,25,31)(H,26,29). The van der Waals surface area contributed by atoms with E-state index in [2.05, 4.69) is 15.5 Å². The minimum atomic E-state index is -0.192. The van der Waals surface area contributed by atoms with Gasteiger partial charge in [-0.15, -0.1) is 0 Å². The summed E-state index contributed by atoms with van der Waals surface area (Å²) in [5, 5.41) is 6.16. The molecule has 1 saturated heterocycles. The molecule has 0 spiro atoms. The van der Waals surface area contributed by atoms with E-state index in [-0.39, 0.29) is 30.7 Å². The molecule has 0 saturated carbocycles. The Labute approximate surface area is 187 Å². The SMILES string of the molecule is O=C(CCCNC(=O)c1ccccc1)NCC(=O)N1CCN(c2ccc(Cl)cc2)CC1. The molecular formula is C23H27ClN4O3. The van der Waals surface area contributed by atoms with Crippen LogP contribution in [0.1, 0.15) is 23.2 Å². The van der Waals surface area contributed by atoms with Gasteiger partial charge in [-0.3, -0.25) is 14.4 Å². The van der Waals surface area contributed by atoms with Crippen LogP contribution in [0.4, 0.5) is 5.69 Å². The lowest BCUT2D eigenvalue weighted by molar-refractivity contribution is -0.133. The number of halogens is 1. The Morgan fingerprint density at radius 2 is 1.55 bits per heavy atom. The molecule has 1 heterocycles. The van der Waals surface area contributed by atoms with Crippen LogP contribution in [-0.4, -0.2) is 61.9 Å². The van der Waals surface area contributed by atoms with E-state index in [1.807, 2.05) is 30.3 Å². The summed E-state index contributed by atoms with van der Waals surface area (Å²) in [5.41, 5.74) is 1.68. The Balaban J connectivity index is 1.29. The van der Waals surface area contributed by atoms with Gasteiger partial charge in [0, 0.05) is 55.4 Å². The molecule has 0 aliphatic carbocycles. The fourth-order valence-corrected chi connectivity index (χ4v) is 3.51. The van der Waals surface area contributed by atoms with E-state index in [0.29, 0.717) is 36.6 Å². The molecule has 31 heavy (non-hydrogen) atoms. The molecule has 0 unspecified atom stereocenters. The molecular weight excluding hydrogens is 416 g/mol. The molecule has 2 aromatic rings. The van der Waals surface area contributed by atoms with Crippen LogP contribution in [0.5, 0.6) is 0 Å². The first-order valence-electron chi connectivity index (χ1n) is 10.4. The normalized spacial score (nSPS) is 13.6. The summed E-state index contributed by atoms with van der Waals surface area (Å²) >= 11 is 5.93. The molecule has 2 aromatic carbocycles. The van der Waals surface area contributed by atoms with Crippen molar-refractivity contribution in [2.45, 2.75) is 12.8 Å². The second-order valence-electron chi connectivity index (χ2n) is 7.35. The number of amides is 3. The predicted molar refractivity (Wildman–Crippen MR) is 121 cm³/mol. The molecule has 0 aromatic heterocycles. The topological polar surface area (TPSA) is 81.8 Å². The number of benzene rings is 2. The van der Waals surface area contributed by atoms with E-state index < -0.39 is 0 Å². The lowest BCUT2D eigenvalue weighted by atomic mass is 10.2. The van der Waals surface area contributed by atoms with Gasteiger partial charge in [-0.1, -0.05) is 29.8 Å². The summed E-state index contributed by atoms with van der Waals surface area (Å²) in [5.74, 6) is -0.433. The molecule has 3 amide bonds. The zero-order valence-corrected chi connectivity index (χ0v) is 18.1. The maximum Gasteiger partial charge on any atom is 0.251 e. The lowest BCUT2D eigenvalue weighted by Gasteiger charge is -2.36. The highest BCUT2D eigenvalue weighted by Gasteiger charge is 2.21. The first-order valence-corrected chi connectivity index (χ1v) is 10.8. The fraction of sp³-hybridized carbons (Fsp3) is 0.348. The average molecular weight is 443 g/mol. The number of hydrogen-bond donors (Lipinski definition) is 2. The van der Waals surface area contributed by atoms with Crippen LogP contribution >= 0.6 is 11.6 Å². The van der Waals surface area contributed by atoms with E-state index in [0.717, 1.165) is 18.8 Å². The van der Waals surface area contributed by atoms with Crippen LogP contribution < -0.4 is 15.5 Å². The smallest absolute Gasteiger partial charge is 0.251 e. The Hall–Kier alpha value is -3.06. The van der Waals surface area contributed by atoms with Gasteiger partial charge in [0.25, 0.3) is 5.91 Å². The predicted octanol–water partition coefficient (Wildman–Crippen LogP) is 2.32. The molecule has 8 heteroatoms. The largest absolute Gasteiger partial charge is 0.368 e. The number of piperazine rings is 1. The molecule has 7 nitrogen and oxygen atoms in total. The number of anilines is 1. The van der Waals surface area contributed by atoms with E-state index in [1.165, 1.54) is 0 Å². The third-order valence-corrected chi connectivity index (χ3v) is 5.42. The highest BCUT2D eigenvalue weighted by atomic mass is 35.5. The highest BCUT2D eigenvalue weighted by Crippen LogP contribution is 2.19. The first kappa shape index (κ1) is 22.6. The van der Waals surface area contributed by atoms with Crippen molar-refractivity contribution < 1.29 is 14.4 Å². The third-order valence-electron chi connectivity index (χ3n) is 5.16. The molecule has 164 valence electrons. The zero-order chi connectivity index (χ0) is 22.1. The van der Waals surface area contributed by atoms with Gasteiger partial charge < -0.3 is 20.4 Å². The second kappa shape index (κ2) is 11.4. The quantitative estimate of drug-likeness (QED) is 0.615. The van der Waals surface area contributed by atoms with E-state index >= 15 is 0 Å². The van der Waals surface area contributed by atoms with E-state index in [1.54, 1.807) is 29.2 Å². The molecule has 0 bridgehead atoms. The Morgan fingerprint density at radius 1 is 0.871 bits per heavy atom. The Morgan fingerprint density at radius 3 is 2.23 bits per heavy atom. The van der Waals surface area contributed by atoms with Crippen LogP contribution in [0.15, 0.2) is 54.6 Å². The number of nitrogens with zero attached hydrogens (tertiary/aromatic N) is 2. The number of nitrogens with one attached hydrogen (secondary N) is 2. The highest BCUT2D eigenvalue weighted by molar-refractivity contribution is 6.30. The summed E-state index contributed by atoms with van der Waals surface area (Å²) in [6.07, 6.45) is 0.769. The van der Waals surface area contributed by atoms with E-state index in [4.69, 9.17) is 11.6 Å². The van der Waals surface area contributed by atoms with E-state index in [9.17, 15) is 14.4 Å². The summed E-state index contributed by atoms with van der Waals surface area (Å²) in [6, 6.07) is 16.6. The van der Waals surface area contributed by atoms with Crippen molar-refractivity contribution in [2.24, 2.45) is 0 Å². The van der Waals surface area contributed by atoms with Crippen LogP contribution in [0.25, 0.3) is 0 Å². The van der Waals surface area contributed by atoms with Crippen molar-refractivity contribution in [2.75, 3.05) is 44.2 Å². The van der Waals surface area contributed by atoms with Crippen LogP contribution in [0.3, 0.4) is 0 Å². The molecule has 0 atom stereocenters. The molecule has 1 fully saturated rings. The van der Waals surface area contributed by atoms with Gasteiger partial charge in [0.2, 0.25) is 11.8 Å². The summed E-state index contributed by atoms with van der Waals surface area (Å²) in [7, 11) is 0. The van der Waals surface area contributed by atoms with Gasteiger partial charge in [-0.25, -0.2) is 0 Å². The van der Waals surface area contributed by atoms with Gasteiger partial charge in [0.1, 0.15) is 0 Å². The zero-order valence-electron chi connectivity index (χ0n) is 17.4. The number of carbonyl (C=O) groups is 3. The average Bonchev–Trinajstić information content (AvgIpc) is 2.81. The number of carbonyl (C=O) groups excluding carboxylic acids is 3. The van der Waals surface area contributed by atoms with Crippen molar-refractivity contribution in [1.29, 1.82) is 0 Å². The molecule has 2 N–H and O–H groups in total. The van der Waals surface area contributed by atoms with Crippen LogP contribution in [-0.2, 0) is 9.59 Å². The van der Waals surface area contributed by atoms with Gasteiger partial charge in [0.05, 0.1) is 6.54 Å². The minimum absolute atomic E-state index is 0.00382. The number of hydrogen-bond acceptors (Lipinski definition) is 4. The van der Waals surface area contributed by atoms with Crippen molar-refractivity contribution in [3.8, 4) is 0 Å². The summed E-state index contributed by atoms with van der Waals surface area (Å²) in [6.45, 7) is 3.11. The Kier molecular flexibility index (Phi) is 8.29. The minimum Gasteiger partial charge on any atom is -0.368 e. The first-order chi connectivity index (χ1) is 15.0. The second-order valence-corrected chi connectivity index (χ2v) is 7.78.